The summed E-state index contributed by atoms with van der Waals surface area (Å²) in [6, 6.07) is 2.00. The fourth-order valence-corrected chi connectivity index (χ4v) is 2.71. The lowest BCUT2D eigenvalue weighted by Crippen LogP contribution is -2.15. The summed E-state index contributed by atoms with van der Waals surface area (Å²) in [6.07, 6.45) is 7.53. The van der Waals surface area contributed by atoms with Crippen LogP contribution in [0.3, 0.4) is 0 Å². The minimum absolute atomic E-state index is 0.324. The van der Waals surface area contributed by atoms with Gasteiger partial charge in [0.1, 0.15) is 12.2 Å². The zero-order valence-electron chi connectivity index (χ0n) is 15.4. The normalized spacial score (nSPS) is 13.6. The van der Waals surface area contributed by atoms with E-state index in [1.54, 1.807) is 6.20 Å². The molecule has 0 radical (unpaired) electrons. The topological polar surface area (TPSA) is 118 Å². The lowest BCUT2D eigenvalue weighted by molar-refractivity contribution is -0.135. The lowest BCUT2D eigenvalue weighted by atomic mass is 9.93. The average molecular weight is 358 g/mol. The molecule has 0 fully saturated rings. The van der Waals surface area contributed by atoms with Crippen LogP contribution in [0.2, 0.25) is 0 Å². The van der Waals surface area contributed by atoms with E-state index in [4.69, 9.17) is 10.8 Å². The summed E-state index contributed by atoms with van der Waals surface area (Å²) in [4.78, 5) is 23.2. The van der Waals surface area contributed by atoms with E-state index in [0.29, 0.717) is 23.5 Å². The molecule has 0 aliphatic carbocycles. The van der Waals surface area contributed by atoms with Gasteiger partial charge in [-0.25, -0.2) is 4.98 Å². The first-order valence-corrected chi connectivity index (χ1v) is 8.67. The number of hydrogen-bond donors (Lipinski definition) is 3. The smallest absolute Gasteiger partial charge is 0.325 e. The summed E-state index contributed by atoms with van der Waals surface area (Å²) in [7, 11) is 0. The van der Waals surface area contributed by atoms with Crippen molar-refractivity contribution < 1.29 is 9.90 Å². The van der Waals surface area contributed by atoms with Crippen LogP contribution in [0.15, 0.2) is 35.3 Å². The van der Waals surface area contributed by atoms with Crippen molar-refractivity contribution in [2.45, 2.75) is 33.7 Å². The number of hydrogen-bond acceptors (Lipinski definition) is 6. The first-order valence-electron chi connectivity index (χ1n) is 8.67. The van der Waals surface area contributed by atoms with Gasteiger partial charge in [0, 0.05) is 36.7 Å². The molecule has 8 heteroatoms. The number of nitrogens with two attached hydrogens (primary N) is 1. The van der Waals surface area contributed by atoms with Gasteiger partial charge in [-0.1, -0.05) is 27.2 Å². The molecule has 8 nitrogen and oxygen atoms in total. The fourth-order valence-electron chi connectivity index (χ4n) is 2.71. The molecular formula is C18H26N6O2. The Kier molecular flexibility index (Phi) is 6.71. The minimum atomic E-state index is -1.01. The Balaban J connectivity index is 2.20. The molecule has 0 aliphatic heterocycles. The van der Waals surface area contributed by atoms with Crippen LogP contribution >= 0.6 is 0 Å². The number of nitrogens with zero attached hydrogens (tertiary/aromatic N) is 4. The highest BCUT2D eigenvalue weighted by Crippen LogP contribution is 2.21. The zero-order chi connectivity index (χ0) is 19.1. The Hall–Kier alpha value is -2.90. The van der Waals surface area contributed by atoms with E-state index in [-0.39, 0.29) is 6.54 Å². The molecule has 140 valence electrons. The number of carboxylic acid groups (broad SMARTS) is 1. The molecule has 26 heavy (non-hydrogen) atoms. The Morgan fingerprint density at radius 3 is 2.88 bits per heavy atom. The molecular weight excluding hydrogens is 332 g/mol. The molecule has 1 atom stereocenters. The maximum atomic E-state index is 10.5. The van der Waals surface area contributed by atoms with Crippen molar-refractivity contribution >= 4 is 29.2 Å². The maximum Gasteiger partial charge on any atom is 0.325 e. The number of fused-ring (bicyclic) bond motifs is 1. The third-order valence-electron chi connectivity index (χ3n) is 4.29. The van der Waals surface area contributed by atoms with E-state index in [2.05, 4.69) is 45.6 Å². The summed E-state index contributed by atoms with van der Waals surface area (Å²) in [6.45, 7) is 7.24. The second-order valence-electron chi connectivity index (χ2n) is 6.46. The molecule has 0 spiro atoms. The minimum Gasteiger partial charge on any atom is -0.480 e. The number of aromatic nitrogens is 3. The molecule has 4 N–H and O–H groups in total. The monoisotopic (exact) mass is 358 g/mol. The van der Waals surface area contributed by atoms with Crippen molar-refractivity contribution in [3.8, 4) is 0 Å². The molecule has 2 aromatic heterocycles. The van der Waals surface area contributed by atoms with Gasteiger partial charge in [-0.05, 0) is 17.9 Å². The van der Waals surface area contributed by atoms with Crippen molar-refractivity contribution in [3.63, 3.8) is 0 Å². The summed E-state index contributed by atoms with van der Waals surface area (Å²) in [5.74, 6) is 0.533. The van der Waals surface area contributed by atoms with E-state index in [0.717, 1.165) is 24.0 Å². The van der Waals surface area contributed by atoms with Gasteiger partial charge < -0.3 is 20.7 Å². The standard InChI is InChI=1S/C18H26N6O2/c1-4-13(12(2)3)11-24-6-5-14-8-21-18(23-17(14)24)22-15(7-19)9-20-10-16(25)26/h5-9,12-13H,4,10-11,19H2,1-3H3,(H,25,26)(H,21,22,23)/t13-/m1/s1. The van der Waals surface area contributed by atoms with Gasteiger partial charge in [0.25, 0.3) is 0 Å². The van der Waals surface area contributed by atoms with Crippen LogP contribution in [0, 0.1) is 11.8 Å². The molecule has 0 bridgehead atoms. The lowest BCUT2D eigenvalue weighted by Gasteiger charge is -2.20. The molecule has 0 aliphatic rings. The predicted molar refractivity (Wildman–Crippen MR) is 103 cm³/mol. The van der Waals surface area contributed by atoms with E-state index in [1.165, 1.54) is 12.4 Å². The van der Waals surface area contributed by atoms with Gasteiger partial charge in [-0.2, -0.15) is 4.98 Å². The summed E-state index contributed by atoms with van der Waals surface area (Å²) < 4.78 is 2.14. The van der Waals surface area contributed by atoms with Crippen molar-refractivity contribution in [1.82, 2.24) is 14.5 Å². The van der Waals surface area contributed by atoms with E-state index < -0.39 is 5.97 Å². The molecule has 2 aromatic rings. The van der Waals surface area contributed by atoms with E-state index >= 15 is 0 Å². The average Bonchev–Trinajstić information content (AvgIpc) is 3.00. The molecule has 2 rings (SSSR count). The Labute approximate surface area is 152 Å². The van der Waals surface area contributed by atoms with Gasteiger partial charge >= 0.3 is 5.97 Å². The Morgan fingerprint density at radius 1 is 1.50 bits per heavy atom. The number of carbonyl (C=O) groups is 1. The second-order valence-corrected chi connectivity index (χ2v) is 6.46. The fraction of sp³-hybridized carbons (Fsp3) is 0.444. The van der Waals surface area contributed by atoms with Crippen molar-refractivity contribution in [3.05, 3.63) is 30.4 Å². The summed E-state index contributed by atoms with van der Waals surface area (Å²) >= 11 is 0. The largest absolute Gasteiger partial charge is 0.480 e. The van der Waals surface area contributed by atoms with Crippen molar-refractivity contribution in [2.75, 3.05) is 11.9 Å². The number of nitrogens with one attached hydrogen (secondary N) is 1. The van der Waals surface area contributed by atoms with Crippen LogP contribution in [0.25, 0.3) is 11.0 Å². The Bertz CT molecular complexity index is 809. The quantitative estimate of drug-likeness (QED) is 0.593. The molecule has 2 heterocycles. The SMILES string of the molecule is CC[C@H](Cn1ccc2cnc(NC(C=NCC(=O)O)=CN)nc21)C(C)C. The highest BCUT2D eigenvalue weighted by Gasteiger charge is 2.14. The van der Waals surface area contributed by atoms with Crippen LogP contribution < -0.4 is 11.1 Å². The highest BCUT2D eigenvalue weighted by molar-refractivity contribution is 5.84. The van der Waals surface area contributed by atoms with Crippen LogP contribution in [-0.4, -0.2) is 38.4 Å². The van der Waals surface area contributed by atoms with E-state index in [9.17, 15) is 4.79 Å². The van der Waals surface area contributed by atoms with Crippen LogP contribution in [0.4, 0.5) is 5.95 Å². The number of aliphatic carboxylic acids is 1. The number of anilines is 1. The molecule has 0 saturated heterocycles. The number of carboxylic acids is 1. The second kappa shape index (κ2) is 8.98. The third-order valence-corrected chi connectivity index (χ3v) is 4.29. The third kappa shape index (κ3) is 5.05. The van der Waals surface area contributed by atoms with Gasteiger partial charge in [0.05, 0.1) is 5.70 Å². The van der Waals surface area contributed by atoms with Crippen LogP contribution in [-0.2, 0) is 11.3 Å². The van der Waals surface area contributed by atoms with Gasteiger partial charge in [0.2, 0.25) is 5.95 Å². The molecule has 0 amide bonds. The van der Waals surface area contributed by atoms with Gasteiger partial charge in [-0.3, -0.25) is 9.79 Å². The first kappa shape index (κ1) is 19.4. The number of allylic oxidation sites excluding steroid dienone is 1. The molecule has 0 unspecified atom stereocenters. The van der Waals surface area contributed by atoms with E-state index in [1.807, 2.05) is 12.3 Å². The maximum absolute atomic E-state index is 10.5. The van der Waals surface area contributed by atoms with Gasteiger partial charge in [0.15, 0.2) is 0 Å². The number of rotatable bonds is 9. The van der Waals surface area contributed by atoms with Crippen molar-refractivity contribution in [1.29, 1.82) is 0 Å². The molecule has 0 saturated carbocycles. The summed E-state index contributed by atoms with van der Waals surface area (Å²) in [5, 5.41) is 12.6. The molecule has 0 aromatic carbocycles. The summed E-state index contributed by atoms with van der Waals surface area (Å²) in [5.41, 5.74) is 6.83. The zero-order valence-corrected chi connectivity index (χ0v) is 15.4. The van der Waals surface area contributed by atoms with Crippen LogP contribution in [0.1, 0.15) is 27.2 Å². The highest BCUT2D eigenvalue weighted by atomic mass is 16.4. The predicted octanol–water partition coefficient (Wildman–Crippen LogP) is 2.48. The Morgan fingerprint density at radius 2 is 2.27 bits per heavy atom. The van der Waals surface area contributed by atoms with Crippen LogP contribution in [0.5, 0.6) is 0 Å². The number of aliphatic imine (C=N–C) groups is 1. The first-order chi connectivity index (χ1) is 12.4. The van der Waals surface area contributed by atoms with Gasteiger partial charge in [-0.15, -0.1) is 0 Å². The van der Waals surface area contributed by atoms with Crippen molar-refractivity contribution in [2.24, 2.45) is 22.6 Å².